The maximum Gasteiger partial charge on any atom is 0.223 e. The lowest BCUT2D eigenvalue weighted by molar-refractivity contribution is -0.126. The van der Waals surface area contributed by atoms with E-state index in [9.17, 15) is 9.90 Å². The van der Waals surface area contributed by atoms with Crippen LogP contribution in [0.4, 0.5) is 0 Å². The van der Waals surface area contributed by atoms with Crippen molar-refractivity contribution < 1.29 is 9.90 Å². The zero-order valence-corrected chi connectivity index (χ0v) is 12.7. The summed E-state index contributed by atoms with van der Waals surface area (Å²) in [6, 6.07) is 7.25. The molecule has 3 nitrogen and oxygen atoms in total. The van der Waals surface area contributed by atoms with E-state index in [0.717, 1.165) is 35.7 Å². The number of nitrogens with one attached hydrogen (secondary N) is 1. The molecule has 2 unspecified atom stereocenters. The highest BCUT2D eigenvalue weighted by atomic mass is 79.9. The third kappa shape index (κ3) is 3.80. The SMILES string of the molecule is CC(NC(=O)C1CCCC1)C(O)c1ccc(Br)cc1. The van der Waals surface area contributed by atoms with E-state index in [0.29, 0.717) is 0 Å². The molecule has 2 rings (SSSR count). The van der Waals surface area contributed by atoms with E-state index in [4.69, 9.17) is 0 Å². The second kappa shape index (κ2) is 6.53. The first-order chi connectivity index (χ1) is 9.08. The first-order valence-corrected chi connectivity index (χ1v) is 7.61. The van der Waals surface area contributed by atoms with Crippen molar-refractivity contribution in [1.82, 2.24) is 5.32 Å². The number of aliphatic hydroxyl groups excluding tert-OH is 1. The second-order valence-corrected chi connectivity index (χ2v) is 6.19. The largest absolute Gasteiger partial charge is 0.386 e. The molecule has 1 saturated carbocycles. The molecule has 4 heteroatoms. The van der Waals surface area contributed by atoms with Crippen LogP contribution in [0.2, 0.25) is 0 Å². The van der Waals surface area contributed by atoms with E-state index in [1.54, 1.807) is 0 Å². The zero-order valence-electron chi connectivity index (χ0n) is 11.1. The van der Waals surface area contributed by atoms with Gasteiger partial charge in [-0.2, -0.15) is 0 Å². The Balaban J connectivity index is 1.93. The van der Waals surface area contributed by atoms with Gasteiger partial charge in [0.25, 0.3) is 0 Å². The van der Waals surface area contributed by atoms with Crippen molar-refractivity contribution in [3.63, 3.8) is 0 Å². The van der Waals surface area contributed by atoms with Crippen LogP contribution in [-0.2, 0) is 4.79 Å². The summed E-state index contributed by atoms with van der Waals surface area (Å²) < 4.78 is 0.978. The van der Waals surface area contributed by atoms with E-state index in [-0.39, 0.29) is 17.9 Å². The zero-order chi connectivity index (χ0) is 13.8. The fourth-order valence-corrected chi connectivity index (χ4v) is 2.82. The van der Waals surface area contributed by atoms with E-state index < -0.39 is 6.10 Å². The normalized spacial score (nSPS) is 19.1. The molecule has 1 amide bonds. The lowest BCUT2D eigenvalue weighted by Gasteiger charge is -2.22. The van der Waals surface area contributed by atoms with Gasteiger partial charge in [0.2, 0.25) is 5.91 Å². The van der Waals surface area contributed by atoms with Crippen LogP contribution in [-0.4, -0.2) is 17.1 Å². The Morgan fingerprint density at radius 1 is 1.32 bits per heavy atom. The monoisotopic (exact) mass is 325 g/mol. The molecule has 0 heterocycles. The number of halogens is 1. The summed E-state index contributed by atoms with van der Waals surface area (Å²) in [5, 5.41) is 13.2. The Hall–Kier alpha value is -0.870. The maximum atomic E-state index is 12.0. The van der Waals surface area contributed by atoms with Gasteiger partial charge in [0.1, 0.15) is 0 Å². The minimum Gasteiger partial charge on any atom is -0.386 e. The molecule has 1 aliphatic carbocycles. The molecular weight excluding hydrogens is 306 g/mol. The van der Waals surface area contributed by atoms with Gasteiger partial charge in [0.05, 0.1) is 12.1 Å². The topological polar surface area (TPSA) is 49.3 Å². The first kappa shape index (κ1) is 14.5. The Labute approximate surface area is 122 Å². The molecule has 0 radical (unpaired) electrons. The molecule has 1 aliphatic rings. The van der Waals surface area contributed by atoms with Gasteiger partial charge < -0.3 is 10.4 Å². The van der Waals surface area contributed by atoms with Crippen molar-refractivity contribution in [2.45, 2.75) is 44.8 Å². The smallest absolute Gasteiger partial charge is 0.223 e. The molecule has 0 saturated heterocycles. The number of benzene rings is 1. The molecule has 19 heavy (non-hydrogen) atoms. The molecular formula is C15H20BrNO2. The van der Waals surface area contributed by atoms with Crippen LogP contribution < -0.4 is 5.32 Å². The predicted molar refractivity (Wildman–Crippen MR) is 78.7 cm³/mol. The minimum absolute atomic E-state index is 0.0844. The molecule has 0 aliphatic heterocycles. The molecule has 1 aromatic rings. The van der Waals surface area contributed by atoms with Crippen molar-refractivity contribution in [2.24, 2.45) is 5.92 Å². The average Bonchev–Trinajstić information content (AvgIpc) is 2.92. The lowest BCUT2D eigenvalue weighted by Crippen LogP contribution is -2.40. The lowest BCUT2D eigenvalue weighted by atomic mass is 10.0. The van der Waals surface area contributed by atoms with E-state index in [2.05, 4.69) is 21.2 Å². The van der Waals surface area contributed by atoms with Crippen molar-refractivity contribution in [3.05, 3.63) is 34.3 Å². The number of hydrogen-bond donors (Lipinski definition) is 2. The molecule has 0 aromatic heterocycles. The number of carbonyl (C=O) groups excluding carboxylic acids is 1. The highest BCUT2D eigenvalue weighted by Gasteiger charge is 2.26. The summed E-state index contributed by atoms with van der Waals surface area (Å²) in [7, 11) is 0. The van der Waals surface area contributed by atoms with Crippen LogP contribution in [0, 0.1) is 5.92 Å². The van der Waals surface area contributed by atoms with Gasteiger partial charge in [-0.15, -0.1) is 0 Å². The highest BCUT2D eigenvalue weighted by molar-refractivity contribution is 9.10. The Morgan fingerprint density at radius 3 is 2.47 bits per heavy atom. The van der Waals surface area contributed by atoms with E-state index >= 15 is 0 Å². The minimum atomic E-state index is -0.668. The van der Waals surface area contributed by atoms with Gasteiger partial charge in [-0.3, -0.25) is 4.79 Å². The highest BCUT2D eigenvalue weighted by Crippen LogP contribution is 2.26. The molecule has 1 fully saturated rings. The number of hydrogen-bond acceptors (Lipinski definition) is 2. The van der Waals surface area contributed by atoms with E-state index in [1.165, 1.54) is 0 Å². The van der Waals surface area contributed by atoms with Crippen LogP contribution in [0.1, 0.15) is 44.3 Å². The summed E-state index contributed by atoms with van der Waals surface area (Å²) >= 11 is 3.37. The quantitative estimate of drug-likeness (QED) is 0.893. The fourth-order valence-electron chi connectivity index (χ4n) is 2.56. The van der Waals surface area contributed by atoms with Crippen molar-refractivity contribution >= 4 is 21.8 Å². The molecule has 1 aromatic carbocycles. The summed E-state index contributed by atoms with van der Waals surface area (Å²) in [6.45, 7) is 1.85. The predicted octanol–water partition coefficient (Wildman–Crippen LogP) is 3.18. The van der Waals surface area contributed by atoms with Crippen molar-refractivity contribution in [1.29, 1.82) is 0 Å². The number of amides is 1. The Kier molecular flexibility index (Phi) is 4.99. The molecule has 104 valence electrons. The van der Waals surface area contributed by atoms with Gasteiger partial charge in [-0.25, -0.2) is 0 Å². The van der Waals surface area contributed by atoms with Gasteiger partial charge in [-0.1, -0.05) is 40.9 Å². The van der Waals surface area contributed by atoms with Crippen LogP contribution in [0.5, 0.6) is 0 Å². The average molecular weight is 326 g/mol. The number of rotatable bonds is 4. The van der Waals surface area contributed by atoms with Crippen molar-refractivity contribution in [2.75, 3.05) is 0 Å². The van der Waals surface area contributed by atoms with Gasteiger partial charge in [-0.05, 0) is 37.5 Å². The Bertz CT molecular complexity index is 426. The third-order valence-electron chi connectivity index (χ3n) is 3.78. The molecule has 0 bridgehead atoms. The molecule has 2 atom stereocenters. The van der Waals surface area contributed by atoms with Crippen LogP contribution in [0.3, 0.4) is 0 Å². The van der Waals surface area contributed by atoms with Crippen LogP contribution in [0.25, 0.3) is 0 Å². The van der Waals surface area contributed by atoms with Gasteiger partial charge >= 0.3 is 0 Å². The maximum absolute atomic E-state index is 12.0. The fraction of sp³-hybridized carbons (Fsp3) is 0.533. The van der Waals surface area contributed by atoms with Crippen molar-refractivity contribution in [3.8, 4) is 0 Å². The number of aliphatic hydroxyl groups is 1. The Morgan fingerprint density at radius 2 is 1.89 bits per heavy atom. The summed E-state index contributed by atoms with van der Waals surface area (Å²) in [4.78, 5) is 12.0. The van der Waals surface area contributed by atoms with Crippen LogP contribution >= 0.6 is 15.9 Å². The second-order valence-electron chi connectivity index (χ2n) is 5.28. The molecule has 2 N–H and O–H groups in total. The summed E-state index contributed by atoms with van der Waals surface area (Å²) in [5.41, 5.74) is 0.822. The first-order valence-electron chi connectivity index (χ1n) is 6.82. The summed E-state index contributed by atoms with van der Waals surface area (Å²) in [5.74, 6) is 0.223. The van der Waals surface area contributed by atoms with E-state index in [1.807, 2.05) is 31.2 Å². The van der Waals surface area contributed by atoms with Crippen LogP contribution in [0.15, 0.2) is 28.7 Å². The molecule has 0 spiro atoms. The third-order valence-corrected chi connectivity index (χ3v) is 4.31. The standard InChI is InChI=1S/C15H20BrNO2/c1-10(17-15(19)12-4-2-3-5-12)14(18)11-6-8-13(16)9-7-11/h6-10,12,14,18H,2-5H2,1H3,(H,17,19). The van der Waals surface area contributed by atoms with Gasteiger partial charge in [0.15, 0.2) is 0 Å². The summed E-state index contributed by atoms with van der Waals surface area (Å²) in [6.07, 6.45) is 3.57. The van der Waals surface area contributed by atoms with Gasteiger partial charge in [0, 0.05) is 10.4 Å². The number of carbonyl (C=O) groups is 1.